The monoisotopic (exact) mass is 297 g/mol. The number of amides is 1. The predicted octanol–water partition coefficient (Wildman–Crippen LogP) is 2.56. The van der Waals surface area contributed by atoms with Crippen LogP contribution in [0.4, 0.5) is 0 Å². The Morgan fingerprint density at radius 1 is 1.27 bits per heavy atom. The van der Waals surface area contributed by atoms with E-state index in [1.165, 1.54) is 0 Å². The molecule has 0 saturated carbocycles. The number of carbonyl (C=O) groups is 1. The number of hydrogen-bond donors (Lipinski definition) is 1. The van der Waals surface area contributed by atoms with Crippen LogP contribution in [0.3, 0.4) is 0 Å². The smallest absolute Gasteiger partial charge is 0.227 e. The second kappa shape index (κ2) is 6.52. The van der Waals surface area contributed by atoms with E-state index in [2.05, 4.69) is 5.32 Å². The summed E-state index contributed by atoms with van der Waals surface area (Å²) in [5, 5.41) is 2.98. The van der Waals surface area contributed by atoms with Crippen LogP contribution in [0, 0.1) is 5.92 Å². The van der Waals surface area contributed by atoms with Gasteiger partial charge in [0.15, 0.2) is 0 Å². The molecule has 2 aromatic carbocycles. The molecular weight excluding hydrogens is 278 g/mol. The van der Waals surface area contributed by atoms with Crippen LogP contribution in [0.1, 0.15) is 11.1 Å². The van der Waals surface area contributed by atoms with Crippen molar-refractivity contribution in [1.29, 1.82) is 0 Å². The molecule has 1 heterocycles. The molecule has 0 spiro atoms. The Labute approximate surface area is 130 Å². The van der Waals surface area contributed by atoms with Crippen LogP contribution in [-0.4, -0.2) is 19.6 Å². The van der Waals surface area contributed by atoms with E-state index in [-0.39, 0.29) is 11.8 Å². The van der Waals surface area contributed by atoms with Gasteiger partial charge in [-0.05, 0) is 35.7 Å². The van der Waals surface area contributed by atoms with Crippen LogP contribution >= 0.6 is 0 Å². The van der Waals surface area contributed by atoms with E-state index in [1.807, 2.05) is 48.5 Å². The maximum absolute atomic E-state index is 12.3. The molecule has 0 radical (unpaired) electrons. The van der Waals surface area contributed by atoms with Crippen LogP contribution in [-0.2, 0) is 17.8 Å². The lowest BCUT2D eigenvalue weighted by Gasteiger charge is -2.24. The maximum atomic E-state index is 12.3. The van der Waals surface area contributed by atoms with Crippen molar-refractivity contribution in [3.8, 4) is 11.5 Å². The number of hydrogen-bond acceptors (Lipinski definition) is 3. The van der Waals surface area contributed by atoms with E-state index in [1.54, 1.807) is 7.11 Å². The molecule has 0 fully saturated rings. The molecule has 0 bridgehead atoms. The van der Waals surface area contributed by atoms with Crippen LogP contribution in [0.15, 0.2) is 48.5 Å². The fourth-order valence-electron chi connectivity index (χ4n) is 2.61. The maximum Gasteiger partial charge on any atom is 0.227 e. The lowest BCUT2D eigenvalue weighted by atomic mass is 9.96. The molecule has 0 aromatic heterocycles. The van der Waals surface area contributed by atoms with Crippen molar-refractivity contribution in [3.05, 3.63) is 59.7 Å². The quantitative estimate of drug-likeness (QED) is 0.943. The summed E-state index contributed by atoms with van der Waals surface area (Å²) in [5.41, 5.74) is 2.11. The summed E-state index contributed by atoms with van der Waals surface area (Å²) in [6, 6.07) is 15.6. The van der Waals surface area contributed by atoms with Crippen LogP contribution < -0.4 is 14.8 Å². The largest absolute Gasteiger partial charge is 0.497 e. The Morgan fingerprint density at radius 2 is 2.14 bits per heavy atom. The number of para-hydroxylation sites is 1. The number of rotatable bonds is 4. The summed E-state index contributed by atoms with van der Waals surface area (Å²) in [6.45, 7) is 0.926. The number of benzene rings is 2. The molecule has 114 valence electrons. The minimum Gasteiger partial charge on any atom is -0.497 e. The molecule has 1 N–H and O–H groups in total. The van der Waals surface area contributed by atoms with Crippen LogP contribution in [0.2, 0.25) is 0 Å². The van der Waals surface area contributed by atoms with E-state index < -0.39 is 0 Å². The molecule has 4 heteroatoms. The molecule has 4 nitrogen and oxygen atoms in total. The van der Waals surface area contributed by atoms with Gasteiger partial charge in [-0.1, -0.05) is 30.3 Å². The van der Waals surface area contributed by atoms with Crippen molar-refractivity contribution in [2.24, 2.45) is 5.92 Å². The van der Waals surface area contributed by atoms with Gasteiger partial charge in [-0.15, -0.1) is 0 Å². The molecule has 1 amide bonds. The average Bonchev–Trinajstić information content (AvgIpc) is 2.59. The molecule has 0 unspecified atom stereocenters. The summed E-state index contributed by atoms with van der Waals surface area (Å²) in [5.74, 6) is 1.57. The number of fused-ring (bicyclic) bond motifs is 1. The van der Waals surface area contributed by atoms with Gasteiger partial charge in [0.25, 0.3) is 0 Å². The van der Waals surface area contributed by atoms with E-state index in [9.17, 15) is 4.79 Å². The number of methoxy groups -OCH3 is 1. The third-order valence-corrected chi connectivity index (χ3v) is 3.85. The fourth-order valence-corrected chi connectivity index (χ4v) is 2.61. The standard InChI is InChI=1S/C18H19NO3/c1-21-16-7-4-5-13(9-16)11-19-18(20)15-10-14-6-2-3-8-17(14)22-12-15/h2-9,15H,10-12H2,1H3,(H,19,20)/t15-/m1/s1. The lowest BCUT2D eigenvalue weighted by Crippen LogP contribution is -2.37. The van der Waals surface area contributed by atoms with Crippen molar-refractivity contribution in [2.45, 2.75) is 13.0 Å². The molecule has 1 atom stereocenters. The number of nitrogens with one attached hydrogen (secondary N) is 1. The van der Waals surface area contributed by atoms with Gasteiger partial charge in [-0.2, -0.15) is 0 Å². The molecule has 22 heavy (non-hydrogen) atoms. The van der Waals surface area contributed by atoms with Crippen LogP contribution in [0.5, 0.6) is 11.5 Å². The fraction of sp³-hybridized carbons (Fsp3) is 0.278. The second-order valence-electron chi connectivity index (χ2n) is 5.39. The Morgan fingerprint density at radius 3 is 3.00 bits per heavy atom. The zero-order chi connectivity index (χ0) is 15.4. The number of ether oxygens (including phenoxy) is 2. The molecule has 1 aliphatic rings. The minimum atomic E-state index is -0.138. The minimum absolute atomic E-state index is 0.0253. The zero-order valence-electron chi connectivity index (χ0n) is 12.5. The molecular formula is C18H19NO3. The van der Waals surface area contributed by atoms with E-state index in [0.717, 1.165) is 29.0 Å². The Kier molecular flexibility index (Phi) is 4.28. The Bertz CT molecular complexity index is 669. The van der Waals surface area contributed by atoms with E-state index in [4.69, 9.17) is 9.47 Å². The van der Waals surface area contributed by atoms with Crippen molar-refractivity contribution >= 4 is 5.91 Å². The SMILES string of the molecule is COc1cccc(CNC(=O)[C@H]2COc3ccccc3C2)c1. The molecule has 1 aliphatic heterocycles. The van der Waals surface area contributed by atoms with Crippen LogP contribution in [0.25, 0.3) is 0 Å². The van der Waals surface area contributed by atoms with Gasteiger partial charge < -0.3 is 14.8 Å². The van der Waals surface area contributed by atoms with Crippen molar-refractivity contribution in [1.82, 2.24) is 5.32 Å². The van der Waals surface area contributed by atoms with Gasteiger partial charge in [-0.3, -0.25) is 4.79 Å². The molecule has 0 aliphatic carbocycles. The van der Waals surface area contributed by atoms with Gasteiger partial charge in [0.2, 0.25) is 5.91 Å². The summed E-state index contributed by atoms with van der Waals surface area (Å²) >= 11 is 0. The zero-order valence-corrected chi connectivity index (χ0v) is 12.5. The van der Waals surface area contributed by atoms with E-state index in [0.29, 0.717) is 13.2 Å². The third kappa shape index (κ3) is 3.22. The first-order valence-electron chi connectivity index (χ1n) is 7.37. The van der Waals surface area contributed by atoms with Gasteiger partial charge in [0.1, 0.15) is 18.1 Å². The second-order valence-corrected chi connectivity index (χ2v) is 5.39. The summed E-state index contributed by atoms with van der Waals surface area (Å²) < 4.78 is 10.8. The van der Waals surface area contributed by atoms with Gasteiger partial charge in [0.05, 0.1) is 13.0 Å². The van der Waals surface area contributed by atoms with E-state index >= 15 is 0 Å². The highest BCUT2D eigenvalue weighted by molar-refractivity contribution is 5.79. The van der Waals surface area contributed by atoms with Crippen molar-refractivity contribution < 1.29 is 14.3 Å². The Balaban J connectivity index is 1.59. The highest BCUT2D eigenvalue weighted by atomic mass is 16.5. The summed E-state index contributed by atoms with van der Waals surface area (Å²) in [7, 11) is 1.63. The molecule has 2 aromatic rings. The van der Waals surface area contributed by atoms with Gasteiger partial charge >= 0.3 is 0 Å². The lowest BCUT2D eigenvalue weighted by molar-refractivity contribution is -0.126. The average molecular weight is 297 g/mol. The molecule has 3 rings (SSSR count). The Hall–Kier alpha value is -2.49. The highest BCUT2D eigenvalue weighted by Crippen LogP contribution is 2.26. The summed E-state index contributed by atoms with van der Waals surface area (Å²) in [6.07, 6.45) is 0.722. The van der Waals surface area contributed by atoms with Gasteiger partial charge in [-0.25, -0.2) is 0 Å². The number of carbonyl (C=O) groups excluding carboxylic acids is 1. The first-order valence-corrected chi connectivity index (χ1v) is 7.37. The van der Waals surface area contributed by atoms with Gasteiger partial charge in [0, 0.05) is 6.54 Å². The predicted molar refractivity (Wildman–Crippen MR) is 84.0 cm³/mol. The highest BCUT2D eigenvalue weighted by Gasteiger charge is 2.25. The third-order valence-electron chi connectivity index (χ3n) is 3.85. The summed E-state index contributed by atoms with van der Waals surface area (Å²) in [4.78, 5) is 12.3. The van der Waals surface area contributed by atoms with Crippen molar-refractivity contribution in [2.75, 3.05) is 13.7 Å². The normalized spacial score (nSPS) is 16.3. The van der Waals surface area contributed by atoms with Crippen molar-refractivity contribution in [3.63, 3.8) is 0 Å². The molecule has 0 saturated heterocycles. The first kappa shape index (κ1) is 14.4. The first-order chi connectivity index (χ1) is 10.8. The topological polar surface area (TPSA) is 47.6 Å².